The average Bonchev–Trinajstić information content (AvgIpc) is 2.29. The van der Waals surface area contributed by atoms with Crippen molar-refractivity contribution in [3.63, 3.8) is 0 Å². The zero-order chi connectivity index (χ0) is 13.9. The molecule has 0 unspecified atom stereocenters. The van der Waals surface area contributed by atoms with E-state index in [-0.39, 0.29) is 18.0 Å². The van der Waals surface area contributed by atoms with Crippen molar-refractivity contribution in [1.82, 2.24) is 9.78 Å². The van der Waals surface area contributed by atoms with Crippen LogP contribution in [0.5, 0.6) is 0 Å². The molecule has 0 saturated heterocycles. The van der Waals surface area contributed by atoms with Gasteiger partial charge in [-0.3, -0.25) is 4.79 Å². The van der Waals surface area contributed by atoms with Gasteiger partial charge in [0.05, 0.1) is 11.7 Å². The van der Waals surface area contributed by atoms with Gasteiger partial charge in [0.15, 0.2) is 0 Å². The van der Waals surface area contributed by atoms with Crippen LogP contribution in [0.4, 0.5) is 0 Å². The lowest BCUT2D eigenvalue weighted by atomic mass is 10.0. The number of rotatable bonds is 5. The first-order valence-corrected chi connectivity index (χ1v) is 6.41. The van der Waals surface area contributed by atoms with Crippen LogP contribution < -0.4 is 5.56 Å². The second-order valence-corrected chi connectivity index (χ2v) is 5.30. The number of aromatic nitrogens is 2. The van der Waals surface area contributed by atoms with Crippen molar-refractivity contribution in [2.75, 3.05) is 0 Å². The van der Waals surface area contributed by atoms with Crippen molar-refractivity contribution in [1.29, 1.82) is 0 Å². The maximum absolute atomic E-state index is 12.2. The highest BCUT2D eigenvalue weighted by molar-refractivity contribution is 5.54. The van der Waals surface area contributed by atoms with Crippen LogP contribution in [0.15, 0.2) is 4.79 Å². The molecule has 0 aliphatic heterocycles. The lowest BCUT2D eigenvalue weighted by Crippen LogP contribution is -2.30. The highest BCUT2D eigenvalue weighted by Crippen LogP contribution is 2.16. The van der Waals surface area contributed by atoms with Crippen molar-refractivity contribution >= 4 is 6.29 Å². The van der Waals surface area contributed by atoms with E-state index in [1.807, 2.05) is 13.8 Å². The average molecular weight is 250 g/mol. The first kappa shape index (κ1) is 14.6. The summed E-state index contributed by atoms with van der Waals surface area (Å²) in [6.07, 6.45) is 1.99. The van der Waals surface area contributed by atoms with E-state index < -0.39 is 0 Å². The standard InChI is InChI=1S/C14H22N2O2/c1-9(2)8-10(3)16-14(18)12(5)11(4)13(15-16)6-7-17/h7,9-10H,6,8H2,1-5H3/t10-/m0/s1. The van der Waals surface area contributed by atoms with Gasteiger partial charge in [0.25, 0.3) is 5.56 Å². The van der Waals surface area contributed by atoms with Gasteiger partial charge in [-0.25, -0.2) is 4.68 Å². The molecule has 1 atom stereocenters. The molecule has 1 aromatic heterocycles. The summed E-state index contributed by atoms with van der Waals surface area (Å²) in [5.74, 6) is 0.504. The summed E-state index contributed by atoms with van der Waals surface area (Å²) < 4.78 is 1.53. The topological polar surface area (TPSA) is 52.0 Å². The molecule has 1 aromatic rings. The Morgan fingerprint density at radius 2 is 1.83 bits per heavy atom. The van der Waals surface area contributed by atoms with Crippen molar-refractivity contribution in [3.8, 4) is 0 Å². The quantitative estimate of drug-likeness (QED) is 0.753. The summed E-state index contributed by atoms with van der Waals surface area (Å²) in [5.41, 5.74) is 2.19. The van der Waals surface area contributed by atoms with E-state index in [0.29, 0.717) is 17.2 Å². The normalized spacial score (nSPS) is 12.8. The summed E-state index contributed by atoms with van der Waals surface area (Å²) in [5, 5.41) is 4.35. The molecule has 0 bridgehead atoms. The zero-order valence-corrected chi connectivity index (χ0v) is 11.9. The lowest BCUT2D eigenvalue weighted by Gasteiger charge is -2.18. The fourth-order valence-corrected chi connectivity index (χ4v) is 2.15. The molecule has 0 spiro atoms. The van der Waals surface area contributed by atoms with E-state index in [2.05, 4.69) is 18.9 Å². The molecule has 0 radical (unpaired) electrons. The Balaban J connectivity index is 3.27. The number of hydrogen-bond donors (Lipinski definition) is 0. The van der Waals surface area contributed by atoms with E-state index in [0.717, 1.165) is 18.3 Å². The third-order valence-electron chi connectivity index (χ3n) is 3.26. The van der Waals surface area contributed by atoms with Crippen LogP contribution in [0.3, 0.4) is 0 Å². The molecule has 4 heteroatoms. The van der Waals surface area contributed by atoms with Gasteiger partial charge < -0.3 is 4.79 Å². The van der Waals surface area contributed by atoms with Gasteiger partial charge in [0.1, 0.15) is 6.29 Å². The minimum Gasteiger partial charge on any atom is -0.303 e. The molecule has 0 aromatic carbocycles. The van der Waals surface area contributed by atoms with Crippen molar-refractivity contribution in [3.05, 3.63) is 27.2 Å². The number of carbonyl (C=O) groups excluding carboxylic acids is 1. The highest BCUT2D eigenvalue weighted by atomic mass is 16.1. The van der Waals surface area contributed by atoms with E-state index in [1.54, 1.807) is 6.92 Å². The SMILES string of the molecule is Cc1c(CC=O)nn([C@@H](C)CC(C)C)c(=O)c1C. The Morgan fingerprint density at radius 1 is 1.22 bits per heavy atom. The molecule has 100 valence electrons. The monoisotopic (exact) mass is 250 g/mol. The largest absolute Gasteiger partial charge is 0.303 e. The molecule has 4 nitrogen and oxygen atoms in total. The van der Waals surface area contributed by atoms with E-state index in [1.165, 1.54) is 4.68 Å². The summed E-state index contributed by atoms with van der Waals surface area (Å²) in [7, 11) is 0. The molecule has 0 saturated carbocycles. The van der Waals surface area contributed by atoms with E-state index >= 15 is 0 Å². The summed E-state index contributed by atoms with van der Waals surface area (Å²) >= 11 is 0. The smallest absolute Gasteiger partial charge is 0.270 e. The fourth-order valence-electron chi connectivity index (χ4n) is 2.15. The highest BCUT2D eigenvalue weighted by Gasteiger charge is 2.15. The predicted octanol–water partition coefficient (Wildman–Crippen LogP) is 2.21. The molecular formula is C14H22N2O2. The molecule has 0 aliphatic rings. The van der Waals surface area contributed by atoms with Crippen LogP contribution in [0.2, 0.25) is 0 Å². The van der Waals surface area contributed by atoms with Crippen LogP contribution in [-0.2, 0) is 11.2 Å². The summed E-state index contributed by atoms with van der Waals surface area (Å²) in [6, 6.07) is 0.0576. The Labute approximate surface area is 108 Å². The number of nitrogens with zero attached hydrogens (tertiary/aromatic N) is 2. The minimum absolute atomic E-state index is 0.0460. The van der Waals surface area contributed by atoms with Crippen LogP contribution in [0.1, 0.15) is 50.1 Å². The first-order chi connectivity index (χ1) is 8.38. The molecular weight excluding hydrogens is 228 g/mol. The molecule has 1 rings (SSSR count). The van der Waals surface area contributed by atoms with E-state index in [4.69, 9.17) is 0 Å². The minimum atomic E-state index is -0.0460. The second-order valence-electron chi connectivity index (χ2n) is 5.30. The van der Waals surface area contributed by atoms with Gasteiger partial charge in [-0.05, 0) is 38.7 Å². The third kappa shape index (κ3) is 3.06. The zero-order valence-electron chi connectivity index (χ0n) is 11.9. The molecule has 0 amide bonds. The lowest BCUT2D eigenvalue weighted by molar-refractivity contribution is -0.107. The number of carbonyl (C=O) groups is 1. The van der Waals surface area contributed by atoms with Gasteiger partial charge in [0, 0.05) is 12.0 Å². The third-order valence-corrected chi connectivity index (χ3v) is 3.26. The van der Waals surface area contributed by atoms with Gasteiger partial charge >= 0.3 is 0 Å². The number of aldehydes is 1. The maximum atomic E-state index is 12.2. The van der Waals surface area contributed by atoms with Gasteiger partial charge in [0.2, 0.25) is 0 Å². The van der Waals surface area contributed by atoms with Gasteiger partial charge in [-0.2, -0.15) is 5.10 Å². The van der Waals surface area contributed by atoms with Crippen molar-refractivity contribution < 1.29 is 4.79 Å². The molecule has 0 fully saturated rings. The Hall–Kier alpha value is -1.45. The van der Waals surface area contributed by atoms with Crippen LogP contribution in [0.25, 0.3) is 0 Å². The first-order valence-electron chi connectivity index (χ1n) is 6.41. The summed E-state index contributed by atoms with van der Waals surface area (Å²) in [6.45, 7) is 9.88. The molecule has 18 heavy (non-hydrogen) atoms. The summed E-state index contributed by atoms with van der Waals surface area (Å²) in [4.78, 5) is 22.8. The fraction of sp³-hybridized carbons (Fsp3) is 0.643. The van der Waals surface area contributed by atoms with Crippen molar-refractivity contribution in [2.45, 2.75) is 53.5 Å². The predicted molar refractivity (Wildman–Crippen MR) is 71.9 cm³/mol. The van der Waals surface area contributed by atoms with Crippen LogP contribution >= 0.6 is 0 Å². The Bertz CT molecular complexity index is 489. The Kier molecular flexibility index (Phi) is 4.82. The number of hydrogen-bond acceptors (Lipinski definition) is 3. The van der Waals surface area contributed by atoms with Crippen molar-refractivity contribution in [2.24, 2.45) is 5.92 Å². The Morgan fingerprint density at radius 3 is 2.33 bits per heavy atom. The van der Waals surface area contributed by atoms with E-state index in [9.17, 15) is 9.59 Å². The van der Waals surface area contributed by atoms with Gasteiger partial charge in [-0.15, -0.1) is 0 Å². The molecule has 1 heterocycles. The maximum Gasteiger partial charge on any atom is 0.270 e. The van der Waals surface area contributed by atoms with Crippen LogP contribution in [-0.4, -0.2) is 16.1 Å². The second kappa shape index (κ2) is 5.94. The van der Waals surface area contributed by atoms with Gasteiger partial charge in [-0.1, -0.05) is 13.8 Å². The molecule has 0 N–H and O–H groups in total. The van der Waals surface area contributed by atoms with Crippen LogP contribution in [0, 0.1) is 19.8 Å². The molecule has 0 aliphatic carbocycles.